The molecule has 7 heteroatoms. The molecular weight excluding hydrogens is 255 g/mol. The van der Waals surface area contributed by atoms with E-state index in [0.29, 0.717) is 0 Å². The van der Waals surface area contributed by atoms with Crippen molar-refractivity contribution in [3.05, 3.63) is 34.1 Å². The monoisotopic (exact) mass is 270 g/mol. The van der Waals surface area contributed by atoms with Crippen molar-refractivity contribution in [3.8, 4) is 0 Å². The molecule has 1 aromatic carbocycles. The lowest BCUT2D eigenvalue weighted by Gasteiger charge is -2.18. The highest BCUT2D eigenvalue weighted by Crippen LogP contribution is 2.24. The molecule has 0 saturated heterocycles. The van der Waals surface area contributed by atoms with Gasteiger partial charge in [0.15, 0.2) is 0 Å². The average Bonchev–Trinajstić information content (AvgIpc) is 2.25. The topological polar surface area (TPSA) is 81.5 Å². The summed E-state index contributed by atoms with van der Waals surface area (Å²) in [5.41, 5.74) is -1.07. The van der Waals surface area contributed by atoms with Crippen molar-refractivity contribution < 1.29 is 18.8 Å². The molecule has 0 radical (unpaired) electrons. The Balaban J connectivity index is 2.78. The maximum atomic E-state index is 13.0. The molecule has 0 aromatic heterocycles. The second kappa shape index (κ2) is 5.75. The highest BCUT2D eigenvalue weighted by molar-refractivity contribution is 5.93. The van der Waals surface area contributed by atoms with E-state index in [1.165, 1.54) is 0 Å². The quantitative estimate of drug-likeness (QED) is 0.673. The van der Waals surface area contributed by atoms with Crippen molar-refractivity contribution in [3.63, 3.8) is 0 Å². The van der Waals surface area contributed by atoms with E-state index in [2.05, 4.69) is 5.32 Å². The predicted molar refractivity (Wildman–Crippen MR) is 67.4 cm³/mol. The molecule has 0 aliphatic carbocycles. The number of rotatable bonds is 4. The third-order valence-electron chi connectivity index (χ3n) is 2.07. The summed E-state index contributed by atoms with van der Waals surface area (Å²) >= 11 is 0. The van der Waals surface area contributed by atoms with Crippen molar-refractivity contribution in [2.24, 2.45) is 0 Å². The molecule has 6 nitrogen and oxygen atoms in total. The lowest BCUT2D eigenvalue weighted by molar-refractivity contribution is -0.384. The fourth-order valence-corrected chi connectivity index (χ4v) is 1.24. The molecule has 0 unspecified atom stereocenters. The second-order valence-electron chi connectivity index (χ2n) is 4.87. The van der Waals surface area contributed by atoms with Gasteiger partial charge in [0.25, 0.3) is 11.6 Å². The predicted octanol–water partition coefficient (Wildman–Crippen LogP) is 2.49. The second-order valence-corrected chi connectivity index (χ2v) is 4.87. The Morgan fingerprint density at radius 3 is 2.63 bits per heavy atom. The molecular formula is C12H15FN2O4. The minimum absolute atomic E-state index is 0.187. The summed E-state index contributed by atoms with van der Waals surface area (Å²) in [5.74, 6) is -1.25. The molecule has 0 aliphatic heterocycles. The van der Waals surface area contributed by atoms with Gasteiger partial charge in [-0.3, -0.25) is 14.9 Å². The molecule has 1 amide bonds. The summed E-state index contributed by atoms with van der Waals surface area (Å²) < 4.78 is 18.2. The molecule has 19 heavy (non-hydrogen) atoms. The van der Waals surface area contributed by atoms with Crippen LogP contribution < -0.4 is 5.32 Å². The van der Waals surface area contributed by atoms with Gasteiger partial charge in [-0.2, -0.15) is 0 Å². The third kappa shape index (κ3) is 5.01. The number of carbonyl (C=O) groups excluding carboxylic acids is 1. The first kappa shape index (κ1) is 15.0. The Hall–Kier alpha value is -2.02. The van der Waals surface area contributed by atoms with Gasteiger partial charge in [-0.15, -0.1) is 0 Å². The van der Waals surface area contributed by atoms with E-state index >= 15 is 0 Å². The normalized spacial score (nSPS) is 11.2. The molecule has 1 aromatic rings. The van der Waals surface area contributed by atoms with Crippen LogP contribution >= 0.6 is 0 Å². The van der Waals surface area contributed by atoms with Crippen LogP contribution in [0.5, 0.6) is 0 Å². The number of hydrogen-bond donors (Lipinski definition) is 1. The van der Waals surface area contributed by atoms with E-state index in [1.807, 2.05) is 0 Å². The smallest absolute Gasteiger partial charge is 0.292 e. The summed E-state index contributed by atoms with van der Waals surface area (Å²) in [5, 5.41) is 13.0. The Morgan fingerprint density at radius 2 is 2.11 bits per heavy atom. The van der Waals surface area contributed by atoms with Crippen LogP contribution in [0.4, 0.5) is 15.8 Å². The van der Waals surface area contributed by atoms with Gasteiger partial charge in [-0.05, 0) is 26.8 Å². The number of nitro benzene ring substituents is 1. The number of nitrogens with one attached hydrogen (secondary N) is 1. The largest absolute Gasteiger partial charge is 0.366 e. The van der Waals surface area contributed by atoms with Crippen LogP contribution in [0.1, 0.15) is 20.8 Å². The Morgan fingerprint density at radius 1 is 1.47 bits per heavy atom. The van der Waals surface area contributed by atoms with Gasteiger partial charge in [0.2, 0.25) is 0 Å². The Labute approximate surface area is 109 Å². The maximum Gasteiger partial charge on any atom is 0.292 e. The first-order chi connectivity index (χ1) is 8.69. The lowest BCUT2D eigenvalue weighted by atomic mass is 10.2. The van der Waals surface area contributed by atoms with Crippen molar-refractivity contribution in [2.45, 2.75) is 26.4 Å². The van der Waals surface area contributed by atoms with Crippen LogP contribution in [-0.4, -0.2) is 23.0 Å². The van der Waals surface area contributed by atoms with E-state index < -0.39 is 22.2 Å². The van der Waals surface area contributed by atoms with E-state index in [1.54, 1.807) is 20.8 Å². The zero-order valence-corrected chi connectivity index (χ0v) is 10.9. The highest BCUT2D eigenvalue weighted by Gasteiger charge is 2.18. The molecule has 104 valence electrons. The number of benzene rings is 1. The van der Waals surface area contributed by atoms with Crippen LogP contribution in [0.2, 0.25) is 0 Å². The van der Waals surface area contributed by atoms with Gasteiger partial charge in [0, 0.05) is 12.1 Å². The number of ether oxygens (including phenoxy) is 1. The lowest BCUT2D eigenvalue weighted by Crippen LogP contribution is -2.27. The summed E-state index contributed by atoms with van der Waals surface area (Å²) in [6.45, 7) is 5.04. The summed E-state index contributed by atoms with van der Waals surface area (Å²) in [7, 11) is 0. The highest BCUT2D eigenvalue weighted by atomic mass is 19.1. The summed E-state index contributed by atoms with van der Waals surface area (Å²) in [6.07, 6.45) is 0. The van der Waals surface area contributed by atoms with Crippen molar-refractivity contribution in [1.29, 1.82) is 0 Å². The SMILES string of the molecule is CC(C)(C)OCC(=O)Nc1cc(F)ccc1[N+](=O)[O-]. The first-order valence-corrected chi connectivity index (χ1v) is 5.57. The first-order valence-electron chi connectivity index (χ1n) is 5.57. The van der Waals surface area contributed by atoms with Gasteiger partial charge >= 0.3 is 0 Å². The van der Waals surface area contributed by atoms with Crippen LogP contribution in [0.3, 0.4) is 0 Å². The molecule has 0 atom stereocenters. The Kier molecular flexibility index (Phi) is 4.55. The molecule has 0 heterocycles. The van der Waals surface area contributed by atoms with Gasteiger partial charge in [0.1, 0.15) is 18.1 Å². The molecule has 0 spiro atoms. The van der Waals surface area contributed by atoms with E-state index in [0.717, 1.165) is 18.2 Å². The maximum absolute atomic E-state index is 13.0. The van der Waals surface area contributed by atoms with Gasteiger partial charge in [0.05, 0.1) is 10.5 Å². The summed E-state index contributed by atoms with van der Waals surface area (Å²) in [4.78, 5) is 21.6. The zero-order valence-electron chi connectivity index (χ0n) is 10.9. The van der Waals surface area contributed by atoms with Gasteiger partial charge in [-0.1, -0.05) is 0 Å². The standard InChI is InChI=1S/C12H15FN2O4/c1-12(2,3)19-7-11(16)14-9-6-8(13)4-5-10(9)15(17)18/h4-6H,7H2,1-3H3,(H,14,16). The average molecular weight is 270 g/mol. The number of amides is 1. The van der Waals surface area contributed by atoms with Crippen molar-refractivity contribution in [2.75, 3.05) is 11.9 Å². The number of carbonyl (C=O) groups is 1. The molecule has 0 fully saturated rings. The molecule has 1 rings (SSSR count). The van der Waals surface area contributed by atoms with Gasteiger partial charge < -0.3 is 10.1 Å². The number of hydrogen-bond acceptors (Lipinski definition) is 4. The number of halogens is 1. The van der Waals surface area contributed by atoms with E-state index in [4.69, 9.17) is 4.74 Å². The number of nitrogens with zero attached hydrogens (tertiary/aromatic N) is 1. The van der Waals surface area contributed by atoms with Crippen LogP contribution in [0.15, 0.2) is 18.2 Å². The number of nitro groups is 1. The zero-order chi connectivity index (χ0) is 14.6. The molecule has 0 bridgehead atoms. The van der Waals surface area contributed by atoms with Gasteiger partial charge in [-0.25, -0.2) is 4.39 Å². The van der Waals surface area contributed by atoms with E-state index in [-0.39, 0.29) is 18.0 Å². The summed E-state index contributed by atoms with van der Waals surface area (Å²) in [6, 6.07) is 2.85. The molecule has 1 N–H and O–H groups in total. The molecule has 0 aliphatic rings. The van der Waals surface area contributed by atoms with Crippen LogP contribution in [0.25, 0.3) is 0 Å². The minimum Gasteiger partial charge on any atom is -0.366 e. The Bertz CT molecular complexity index is 497. The van der Waals surface area contributed by atoms with E-state index in [9.17, 15) is 19.3 Å². The van der Waals surface area contributed by atoms with Crippen molar-refractivity contribution in [1.82, 2.24) is 0 Å². The fraction of sp³-hybridized carbons (Fsp3) is 0.417. The van der Waals surface area contributed by atoms with Crippen molar-refractivity contribution >= 4 is 17.3 Å². The molecule has 0 saturated carbocycles. The number of anilines is 1. The minimum atomic E-state index is -0.695. The fourth-order valence-electron chi connectivity index (χ4n) is 1.24. The third-order valence-corrected chi connectivity index (χ3v) is 2.07. The van der Waals surface area contributed by atoms with Crippen LogP contribution in [-0.2, 0) is 9.53 Å². The van der Waals surface area contributed by atoms with Crippen LogP contribution in [0, 0.1) is 15.9 Å².